The number of carbonyl (C=O) groups is 1. The van der Waals surface area contributed by atoms with Crippen molar-refractivity contribution in [1.82, 2.24) is 19.9 Å². The van der Waals surface area contributed by atoms with Crippen LogP contribution in [-0.2, 0) is 11.3 Å². The number of ether oxygens (including phenoxy) is 2. The molecule has 188 valence electrons. The number of hydrogen-bond donors (Lipinski definition) is 2. The highest BCUT2D eigenvalue weighted by Gasteiger charge is 2.19. The SMILES string of the molecule is COc1ccc(-n2c(SCC(=O)NCc3ccccc3Cl)nc3c([nH]c4ccccc43)c2=O)cc1OC. The van der Waals surface area contributed by atoms with Crippen LogP contribution in [0.15, 0.2) is 76.7 Å². The number of H-pyrrole nitrogens is 1. The van der Waals surface area contributed by atoms with Gasteiger partial charge in [-0.05, 0) is 29.8 Å². The van der Waals surface area contributed by atoms with E-state index in [0.717, 1.165) is 16.5 Å². The zero-order valence-electron chi connectivity index (χ0n) is 20.1. The van der Waals surface area contributed by atoms with E-state index in [1.807, 2.05) is 42.5 Å². The third-order valence-corrected chi connectivity index (χ3v) is 7.19. The minimum Gasteiger partial charge on any atom is -0.493 e. The first kappa shape index (κ1) is 24.7. The molecule has 3 aromatic carbocycles. The Labute approximate surface area is 221 Å². The summed E-state index contributed by atoms with van der Waals surface area (Å²) < 4.78 is 12.3. The molecule has 10 heteroatoms. The predicted molar refractivity (Wildman–Crippen MR) is 146 cm³/mol. The summed E-state index contributed by atoms with van der Waals surface area (Å²) in [7, 11) is 3.08. The van der Waals surface area contributed by atoms with E-state index in [1.165, 1.54) is 23.4 Å². The van der Waals surface area contributed by atoms with Gasteiger partial charge in [0, 0.05) is 28.5 Å². The number of nitrogens with zero attached hydrogens (tertiary/aromatic N) is 2. The van der Waals surface area contributed by atoms with Crippen LogP contribution < -0.4 is 20.3 Å². The summed E-state index contributed by atoms with van der Waals surface area (Å²) in [5.74, 6) is 0.846. The molecule has 37 heavy (non-hydrogen) atoms. The van der Waals surface area contributed by atoms with E-state index in [2.05, 4.69) is 10.3 Å². The van der Waals surface area contributed by atoms with Gasteiger partial charge in [0.05, 0.1) is 25.7 Å². The van der Waals surface area contributed by atoms with Crippen LogP contribution in [0, 0.1) is 0 Å². The maximum Gasteiger partial charge on any atom is 0.283 e. The Bertz CT molecular complexity index is 1680. The highest BCUT2D eigenvalue weighted by atomic mass is 35.5. The molecule has 0 unspecified atom stereocenters. The van der Waals surface area contributed by atoms with Gasteiger partial charge in [0.25, 0.3) is 5.56 Å². The molecule has 5 rings (SSSR count). The van der Waals surface area contributed by atoms with Crippen LogP contribution in [0.3, 0.4) is 0 Å². The van der Waals surface area contributed by atoms with Gasteiger partial charge in [0.2, 0.25) is 5.91 Å². The van der Waals surface area contributed by atoms with Crippen molar-refractivity contribution in [3.8, 4) is 17.2 Å². The third-order valence-electron chi connectivity index (χ3n) is 5.89. The molecule has 2 heterocycles. The van der Waals surface area contributed by atoms with Gasteiger partial charge in [-0.3, -0.25) is 14.2 Å². The fraction of sp³-hybridized carbons (Fsp3) is 0.148. The smallest absolute Gasteiger partial charge is 0.283 e. The number of thioether (sulfide) groups is 1. The quantitative estimate of drug-likeness (QED) is 0.216. The topological polar surface area (TPSA) is 98.2 Å². The summed E-state index contributed by atoms with van der Waals surface area (Å²) in [5.41, 5.74) is 2.81. The third kappa shape index (κ3) is 4.87. The van der Waals surface area contributed by atoms with Crippen molar-refractivity contribution in [3.05, 3.63) is 87.7 Å². The van der Waals surface area contributed by atoms with Crippen molar-refractivity contribution >= 4 is 51.2 Å². The number of methoxy groups -OCH3 is 2. The minimum absolute atomic E-state index is 0.0536. The van der Waals surface area contributed by atoms with E-state index in [9.17, 15) is 9.59 Å². The molecular formula is C27H23ClN4O4S. The number of aromatic nitrogens is 3. The van der Waals surface area contributed by atoms with E-state index >= 15 is 0 Å². The van der Waals surface area contributed by atoms with Gasteiger partial charge in [-0.15, -0.1) is 0 Å². The van der Waals surface area contributed by atoms with Crippen molar-refractivity contribution in [2.24, 2.45) is 0 Å². The lowest BCUT2D eigenvalue weighted by Gasteiger charge is -2.14. The first-order valence-electron chi connectivity index (χ1n) is 11.4. The second kappa shape index (κ2) is 10.6. The molecule has 0 saturated carbocycles. The summed E-state index contributed by atoms with van der Waals surface area (Å²) in [6.07, 6.45) is 0. The average Bonchev–Trinajstić information content (AvgIpc) is 3.30. The summed E-state index contributed by atoms with van der Waals surface area (Å²) in [6.45, 7) is 0.302. The molecule has 0 saturated heterocycles. The number of aromatic amines is 1. The number of rotatable bonds is 8. The van der Waals surface area contributed by atoms with E-state index < -0.39 is 0 Å². The van der Waals surface area contributed by atoms with E-state index in [-0.39, 0.29) is 17.2 Å². The molecule has 0 aliphatic heterocycles. The van der Waals surface area contributed by atoms with Crippen LogP contribution >= 0.6 is 23.4 Å². The van der Waals surface area contributed by atoms with Gasteiger partial charge in [-0.2, -0.15) is 0 Å². The zero-order valence-corrected chi connectivity index (χ0v) is 21.7. The van der Waals surface area contributed by atoms with Crippen molar-refractivity contribution in [2.45, 2.75) is 11.7 Å². The number of amides is 1. The maximum absolute atomic E-state index is 13.8. The molecule has 8 nitrogen and oxygen atoms in total. The first-order valence-corrected chi connectivity index (χ1v) is 12.7. The lowest BCUT2D eigenvalue weighted by atomic mass is 10.2. The Hall–Kier alpha value is -3.95. The number of fused-ring (bicyclic) bond motifs is 3. The number of para-hydroxylation sites is 1. The van der Waals surface area contributed by atoms with Crippen LogP contribution in [0.4, 0.5) is 0 Å². The Kier molecular flexibility index (Phi) is 7.07. The van der Waals surface area contributed by atoms with Crippen LogP contribution in [0.2, 0.25) is 5.02 Å². The van der Waals surface area contributed by atoms with Crippen molar-refractivity contribution in [2.75, 3.05) is 20.0 Å². The lowest BCUT2D eigenvalue weighted by molar-refractivity contribution is -0.118. The fourth-order valence-corrected chi connectivity index (χ4v) is 5.09. The highest BCUT2D eigenvalue weighted by molar-refractivity contribution is 7.99. The second-order valence-electron chi connectivity index (χ2n) is 8.13. The highest BCUT2D eigenvalue weighted by Crippen LogP contribution is 2.31. The first-order chi connectivity index (χ1) is 18.0. The van der Waals surface area contributed by atoms with Crippen molar-refractivity contribution < 1.29 is 14.3 Å². The Morgan fingerprint density at radius 1 is 1.05 bits per heavy atom. The van der Waals surface area contributed by atoms with E-state index in [4.69, 9.17) is 26.1 Å². The van der Waals surface area contributed by atoms with Crippen LogP contribution in [0.25, 0.3) is 27.6 Å². The zero-order chi connectivity index (χ0) is 25.9. The largest absolute Gasteiger partial charge is 0.493 e. The van der Waals surface area contributed by atoms with Gasteiger partial charge >= 0.3 is 0 Å². The summed E-state index contributed by atoms with van der Waals surface area (Å²) in [4.78, 5) is 34.5. The van der Waals surface area contributed by atoms with Crippen LogP contribution in [-0.4, -0.2) is 40.4 Å². The summed E-state index contributed by atoms with van der Waals surface area (Å²) in [5, 5.41) is 4.67. The number of benzene rings is 3. The Morgan fingerprint density at radius 3 is 2.59 bits per heavy atom. The molecule has 5 aromatic rings. The molecule has 1 amide bonds. The number of carbonyl (C=O) groups excluding carboxylic acids is 1. The summed E-state index contributed by atoms with van der Waals surface area (Å²) in [6, 6.07) is 20.1. The molecule has 2 N–H and O–H groups in total. The Balaban J connectivity index is 1.53. The van der Waals surface area contributed by atoms with E-state index in [0.29, 0.717) is 44.9 Å². The van der Waals surface area contributed by atoms with Gasteiger partial charge in [0.1, 0.15) is 11.0 Å². The molecule has 0 bridgehead atoms. The minimum atomic E-state index is -0.285. The maximum atomic E-state index is 13.8. The standard InChI is InChI=1S/C27H23ClN4O4S/c1-35-21-12-11-17(13-22(21)36-2)32-26(34)25-24(18-8-4-6-10-20(18)30-25)31-27(32)37-15-23(33)29-14-16-7-3-5-9-19(16)28/h3-13,30H,14-15H2,1-2H3,(H,29,33). The monoisotopic (exact) mass is 534 g/mol. The molecule has 0 spiro atoms. The normalized spacial score (nSPS) is 11.1. The lowest BCUT2D eigenvalue weighted by Crippen LogP contribution is -2.26. The number of halogens is 1. The van der Waals surface area contributed by atoms with Gasteiger partial charge in [0.15, 0.2) is 16.7 Å². The van der Waals surface area contributed by atoms with Gasteiger partial charge in [-0.25, -0.2) is 4.98 Å². The van der Waals surface area contributed by atoms with Crippen molar-refractivity contribution in [1.29, 1.82) is 0 Å². The fourth-order valence-electron chi connectivity index (χ4n) is 4.05. The molecule has 0 radical (unpaired) electrons. The van der Waals surface area contributed by atoms with Gasteiger partial charge < -0.3 is 19.8 Å². The Morgan fingerprint density at radius 2 is 1.81 bits per heavy atom. The van der Waals surface area contributed by atoms with Crippen molar-refractivity contribution in [3.63, 3.8) is 0 Å². The molecular weight excluding hydrogens is 512 g/mol. The van der Waals surface area contributed by atoms with Crippen LogP contribution in [0.1, 0.15) is 5.56 Å². The molecule has 0 aliphatic rings. The predicted octanol–water partition coefficient (Wildman–Crippen LogP) is 4.95. The second-order valence-corrected chi connectivity index (χ2v) is 9.47. The van der Waals surface area contributed by atoms with Crippen LogP contribution in [0.5, 0.6) is 11.5 Å². The molecule has 0 fully saturated rings. The average molecular weight is 535 g/mol. The number of nitrogens with one attached hydrogen (secondary N) is 2. The molecule has 0 atom stereocenters. The summed E-state index contributed by atoms with van der Waals surface area (Å²) >= 11 is 7.37. The van der Waals surface area contributed by atoms with Gasteiger partial charge in [-0.1, -0.05) is 59.8 Å². The molecule has 2 aromatic heterocycles. The molecule has 0 aliphatic carbocycles. The number of hydrogen-bond acceptors (Lipinski definition) is 6. The van der Waals surface area contributed by atoms with E-state index in [1.54, 1.807) is 31.4 Å².